The van der Waals surface area contributed by atoms with Gasteiger partial charge in [-0.2, -0.15) is 0 Å². The topological polar surface area (TPSA) is 55.1 Å². The molecule has 1 saturated carbocycles. The Morgan fingerprint density at radius 3 is 2.64 bits per heavy atom. The molecule has 1 aliphatic rings. The van der Waals surface area contributed by atoms with Crippen molar-refractivity contribution in [3.05, 3.63) is 0 Å². The molecule has 3 heteroatoms. The van der Waals surface area contributed by atoms with Gasteiger partial charge in [-0.1, -0.05) is 6.92 Å². The lowest BCUT2D eigenvalue weighted by molar-refractivity contribution is -0.121. The van der Waals surface area contributed by atoms with Gasteiger partial charge in [-0.15, -0.1) is 0 Å². The molecule has 0 heterocycles. The summed E-state index contributed by atoms with van der Waals surface area (Å²) < 4.78 is 0. The Kier molecular flexibility index (Phi) is 2.49. The van der Waals surface area contributed by atoms with Gasteiger partial charge in [0, 0.05) is 18.5 Å². The van der Waals surface area contributed by atoms with Crippen molar-refractivity contribution in [3.8, 4) is 0 Å². The third-order valence-electron chi connectivity index (χ3n) is 2.31. The van der Waals surface area contributed by atoms with Gasteiger partial charge in [0.25, 0.3) is 0 Å². The van der Waals surface area contributed by atoms with Gasteiger partial charge in [-0.3, -0.25) is 4.79 Å². The second kappa shape index (κ2) is 3.22. The average molecular weight is 156 g/mol. The molecule has 0 saturated heterocycles. The maximum Gasteiger partial charge on any atom is 0.221 e. The Bertz CT molecular complexity index is 152. The van der Waals surface area contributed by atoms with Gasteiger partial charge in [0.05, 0.1) is 0 Å². The van der Waals surface area contributed by atoms with Gasteiger partial charge in [-0.25, -0.2) is 0 Å². The highest BCUT2D eigenvalue weighted by Gasteiger charge is 2.41. The molecule has 0 radical (unpaired) electrons. The zero-order valence-corrected chi connectivity index (χ0v) is 7.02. The van der Waals surface area contributed by atoms with Crippen molar-refractivity contribution < 1.29 is 4.79 Å². The molecule has 1 fully saturated rings. The molecule has 1 rings (SSSR count). The fourth-order valence-corrected chi connectivity index (χ4v) is 1.21. The molecule has 3 nitrogen and oxygen atoms in total. The molecule has 0 atom stereocenters. The number of nitrogens with one attached hydrogen (secondary N) is 1. The van der Waals surface area contributed by atoms with E-state index in [2.05, 4.69) is 12.2 Å². The summed E-state index contributed by atoms with van der Waals surface area (Å²) >= 11 is 0. The van der Waals surface area contributed by atoms with Crippen molar-refractivity contribution in [2.75, 3.05) is 6.54 Å². The monoisotopic (exact) mass is 156 g/mol. The van der Waals surface area contributed by atoms with Crippen LogP contribution in [0.4, 0.5) is 0 Å². The molecule has 0 aliphatic heterocycles. The maximum absolute atomic E-state index is 11.1. The van der Waals surface area contributed by atoms with Crippen LogP contribution in [0.1, 0.15) is 32.6 Å². The Balaban J connectivity index is 2.24. The highest BCUT2D eigenvalue weighted by atomic mass is 16.1. The summed E-state index contributed by atoms with van der Waals surface area (Å²) in [7, 11) is 0. The number of nitrogens with two attached hydrogens (primary N) is 1. The molecule has 64 valence electrons. The molecule has 0 bridgehead atoms. The van der Waals surface area contributed by atoms with Crippen LogP contribution in [0, 0.1) is 0 Å². The fourth-order valence-electron chi connectivity index (χ4n) is 1.21. The van der Waals surface area contributed by atoms with E-state index in [-0.39, 0.29) is 11.4 Å². The Morgan fingerprint density at radius 1 is 1.64 bits per heavy atom. The summed E-state index contributed by atoms with van der Waals surface area (Å²) in [4.78, 5) is 11.1. The standard InChI is InChI=1S/C8H16N2O/c1-2-8(4-5-8)10-7(11)3-6-9/h2-6,9H2,1H3,(H,10,11). The van der Waals surface area contributed by atoms with E-state index in [4.69, 9.17) is 5.73 Å². The summed E-state index contributed by atoms with van der Waals surface area (Å²) in [6.07, 6.45) is 3.78. The maximum atomic E-state index is 11.1. The molecule has 11 heavy (non-hydrogen) atoms. The van der Waals surface area contributed by atoms with Crippen molar-refractivity contribution in [1.29, 1.82) is 0 Å². The Labute approximate surface area is 67.3 Å². The molecule has 0 unspecified atom stereocenters. The first-order valence-corrected chi connectivity index (χ1v) is 4.23. The summed E-state index contributed by atoms with van der Waals surface area (Å²) in [6, 6.07) is 0. The minimum Gasteiger partial charge on any atom is -0.351 e. The Morgan fingerprint density at radius 2 is 2.27 bits per heavy atom. The third-order valence-corrected chi connectivity index (χ3v) is 2.31. The second-order valence-corrected chi connectivity index (χ2v) is 3.22. The molecule has 0 spiro atoms. The average Bonchev–Trinajstić information content (AvgIpc) is 2.70. The minimum atomic E-state index is 0.104. The predicted molar refractivity (Wildman–Crippen MR) is 44.1 cm³/mol. The van der Waals surface area contributed by atoms with Crippen LogP contribution >= 0.6 is 0 Å². The lowest BCUT2D eigenvalue weighted by Crippen LogP contribution is -2.37. The molecular formula is C8H16N2O. The van der Waals surface area contributed by atoms with Crippen LogP contribution in [-0.4, -0.2) is 18.0 Å². The van der Waals surface area contributed by atoms with E-state index in [9.17, 15) is 4.79 Å². The first-order valence-electron chi connectivity index (χ1n) is 4.23. The highest BCUT2D eigenvalue weighted by Crippen LogP contribution is 2.38. The van der Waals surface area contributed by atoms with Crippen LogP contribution in [0.5, 0.6) is 0 Å². The summed E-state index contributed by atoms with van der Waals surface area (Å²) in [5.74, 6) is 0.104. The normalized spacial score (nSPS) is 19.5. The lowest BCUT2D eigenvalue weighted by atomic mass is 10.2. The van der Waals surface area contributed by atoms with Crippen molar-refractivity contribution in [1.82, 2.24) is 5.32 Å². The van der Waals surface area contributed by atoms with Gasteiger partial charge >= 0.3 is 0 Å². The number of rotatable bonds is 4. The summed E-state index contributed by atoms with van der Waals surface area (Å²) in [5.41, 5.74) is 5.41. The summed E-state index contributed by atoms with van der Waals surface area (Å²) in [5, 5.41) is 3.00. The van der Waals surface area contributed by atoms with Crippen molar-refractivity contribution in [2.24, 2.45) is 5.73 Å². The van der Waals surface area contributed by atoms with E-state index in [1.807, 2.05) is 0 Å². The van der Waals surface area contributed by atoms with E-state index in [1.54, 1.807) is 0 Å². The zero-order valence-electron chi connectivity index (χ0n) is 7.02. The van der Waals surface area contributed by atoms with Crippen LogP contribution in [0.2, 0.25) is 0 Å². The first-order chi connectivity index (χ1) is 5.22. The van der Waals surface area contributed by atoms with Crippen LogP contribution in [0.15, 0.2) is 0 Å². The predicted octanol–water partition coefficient (Wildman–Crippen LogP) is 0.394. The van der Waals surface area contributed by atoms with Gasteiger partial charge in [-0.05, 0) is 19.3 Å². The van der Waals surface area contributed by atoms with E-state index in [0.29, 0.717) is 13.0 Å². The zero-order chi connectivity index (χ0) is 8.32. The highest BCUT2D eigenvalue weighted by molar-refractivity contribution is 5.77. The number of hydrogen-bond acceptors (Lipinski definition) is 2. The van der Waals surface area contributed by atoms with Crippen LogP contribution in [0.3, 0.4) is 0 Å². The molecule has 0 aromatic rings. The van der Waals surface area contributed by atoms with Crippen LogP contribution in [0.25, 0.3) is 0 Å². The van der Waals surface area contributed by atoms with Crippen molar-refractivity contribution >= 4 is 5.91 Å². The number of carbonyl (C=O) groups excluding carboxylic acids is 1. The number of amides is 1. The van der Waals surface area contributed by atoms with Crippen LogP contribution in [-0.2, 0) is 4.79 Å². The molecule has 3 N–H and O–H groups in total. The van der Waals surface area contributed by atoms with Crippen molar-refractivity contribution in [2.45, 2.75) is 38.1 Å². The number of carbonyl (C=O) groups is 1. The number of hydrogen-bond donors (Lipinski definition) is 2. The largest absolute Gasteiger partial charge is 0.351 e. The Hall–Kier alpha value is -0.570. The molecular weight excluding hydrogens is 140 g/mol. The molecule has 0 aromatic heterocycles. The third kappa shape index (κ3) is 2.19. The van der Waals surface area contributed by atoms with E-state index >= 15 is 0 Å². The van der Waals surface area contributed by atoms with Gasteiger partial charge in [0.2, 0.25) is 5.91 Å². The SMILES string of the molecule is CCC1(NC(=O)CCN)CC1. The van der Waals surface area contributed by atoms with E-state index in [1.165, 1.54) is 0 Å². The van der Waals surface area contributed by atoms with Crippen molar-refractivity contribution in [3.63, 3.8) is 0 Å². The lowest BCUT2D eigenvalue weighted by Gasteiger charge is -2.13. The minimum absolute atomic E-state index is 0.104. The van der Waals surface area contributed by atoms with Gasteiger partial charge in [0.15, 0.2) is 0 Å². The molecule has 1 amide bonds. The van der Waals surface area contributed by atoms with Gasteiger partial charge < -0.3 is 11.1 Å². The summed E-state index contributed by atoms with van der Waals surface area (Å²) in [6.45, 7) is 2.56. The van der Waals surface area contributed by atoms with E-state index < -0.39 is 0 Å². The smallest absolute Gasteiger partial charge is 0.221 e. The molecule has 0 aromatic carbocycles. The quantitative estimate of drug-likeness (QED) is 0.618. The fraction of sp³-hybridized carbons (Fsp3) is 0.875. The van der Waals surface area contributed by atoms with Crippen LogP contribution < -0.4 is 11.1 Å². The first kappa shape index (κ1) is 8.53. The van der Waals surface area contributed by atoms with E-state index in [0.717, 1.165) is 19.3 Å². The van der Waals surface area contributed by atoms with Gasteiger partial charge in [0.1, 0.15) is 0 Å². The second-order valence-electron chi connectivity index (χ2n) is 3.22. The molecule has 1 aliphatic carbocycles.